The second-order valence-corrected chi connectivity index (χ2v) is 6.28. The lowest BCUT2D eigenvalue weighted by Crippen LogP contribution is -2.46. The maximum absolute atomic E-state index is 4.66. The Bertz CT molecular complexity index is 622. The average molecular weight is 326 g/mol. The van der Waals surface area contributed by atoms with Gasteiger partial charge >= 0.3 is 0 Å². The van der Waals surface area contributed by atoms with Crippen LogP contribution < -0.4 is 15.1 Å². The van der Waals surface area contributed by atoms with Crippen LogP contribution in [0.3, 0.4) is 0 Å². The Morgan fingerprint density at radius 2 is 1.71 bits per heavy atom. The minimum absolute atomic E-state index is 0.708. The van der Waals surface area contributed by atoms with Gasteiger partial charge in [0, 0.05) is 51.2 Å². The lowest BCUT2D eigenvalue weighted by atomic mass is 10.2. The molecule has 0 atom stereocenters. The van der Waals surface area contributed by atoms with E-state index in [0.717, 1.165) is 45.1 Å². The fourth-order valence-corrected chi connectivity index (χ4v) is 2.83. The first-order valence-corrected chi connectivity index (χ1v) is 8.49. The predicted molar refractivity (Wildman–Crippen MR) is 99.9 cm³/mol. The maximum atomic E-state index is 4.66. The zero-order valence-electron chi connectivity index (χ0n) is 14.5. The highest BCUT2D eigenvalue weighted by Gasteiger charge is 2.18. The molecular weight excluding hydrogens is 300 g/mol. The summed E-state index contributed by atoms with van der Waals surface area (Å²) in [6, 6.07) is 12.6. The van der Waals surface area contributed by atoms with Gasteiger partial charge in [0.05, 0.1) is 0 Å². The molecule has 6 heteroatoms. The molecule has 1 N–H and O–H groups in total. The van der Waals surface area contributed by atoms with Crippen LogP contribution in [-0.2, 0) is 0 Å². The number of aromatic nitrogens is 2. The quantitative estimate of drug-likeness (QED) is 0.873. The fraction of sp³-hybridized carbons (Fsp3) is 0.444. The van der Waals surface area contributed by atoms with Crippen LogP contribution in [-0.4, -0.2) is 68.2 Å². The van der Waals surface area contributed by atoms with Gasteiger partial charge in [-0.2, -0.15) is 4.98 Å². The number of hydrogen-bond donors (Lipinski definition) is 1. The van der Waals surface area contributed by atoms with Crippen molar-refractivity contribution in [2.75, 3.05) is 68.5 Å². The molecule has 1 aromatic heterocycles. The lowest BCUT2D eigenvalue weighted by Gasteiger charge is -2.36. The van der Waals surface area contributed by atoms with Gasteiger partial charge in [-0.05, 0) is 32.3 Å². The summed E-state index contributed by atoms with van der Waals surface area (Å²) in [6.45, 7) is 5.78. The number of likely N-dealkylation sites (N-methyl/N-ethyl adjacent to an activating group) is 1. The molecule has 0 spiro atoms. The third kappa shape index (κ3) is 4.35. The van der Waals surface area contributed by atoms with Gasteiger partial charge in [-0.25, -0.2) is 4.98 Å². The van der Waals surface area contributed by atoms with E-state index < -0.39 is 0 Å². The molecule has 3 rings (SSSR count). The number of nitrogens with one attached hydrogen (secondary N) is 1. The van der Waals surface area contributed by atoms with Crippen molar-refractivity contribution in [2.45, 2.75) is 0 Å². The van der Waals surface area contributed by atoms with Crippen molar-refractivity contribution < 1.29 is 0 Å². The van der Waals surface area contributed by atoms with Gasteiger partial charge in [-0.1, -0.05) is 18.2 Å². The molecule has 0 unspecified atom stereocenters. The SMILES string of the molecule is CN(C)CCNc1nccc(N2CCN(c3ccccc3)CC2)n1. The first-order valence-electron chi connectivity index (χ1n) is 8.49. The van der Waals surface area contributed by atoms with Gasteiger partial charge in [-0.3, -0.25) is 0 Å². The van der Waals surface area contributed by atoms with E-state index in [1.54, 1.807) is 0 Å². The molecule has 1 aliphatic rings. The summed E-state index contributed by atoms with van der Waals surface area (Å²) in [6.07, 6.45) is 1.84. The number of rotatable bonds is 6. The maximum Gasteiger partial charge on any atom is 0.224 e. The van der Waals surface area contributed by atoms with Crippen LogP contribution >= 0.6 is 0 Å². The third-order valence-corrected chi connectivity index (χ3v) is 4.21. The molecule has 2 aromatic rings. The Kier molecular flexibility index (Phi) is 5.48. The smallest absolute Gasteiger partial charge is 0.224 e. The van der Waals surface area contributed by atoms with Crippen LogP contribution in [0.15, 0.2) is 42.6 Å². The Labute approximate surface area is 144 Å². The van der Waals surface area contributed by atoms with E-state index in [1.807, 2.05) is 12.3 Å². The zero-order chi connectivity index (χ0) is 16.8. The molecule has 1 aromatic carbocycles. The first-order chi connectivity index (χ1) is 11.7. The van der Waals surface area contributed by atoms with Gasteiger partial charge in [0.25, 0.3) is 0 Å². The fourth-order valence-electron chi connectivity index (χ4n) is 2.83. The molecule has 1 fully saturated rings. The molecule has 0 saturated carbocycles. The molecule has 2 heterocycles. The van der Waals surface area contributed by atoms with Crippen LogP contribution in [0.1, 0.15) is 0 Å². The van der Waals surface area contributed by atoms with E-state index in [2.05, 4.69) is 74.4 Å². The Hall–Kier alpha value is -2.34. The number of piperazine rings is 1. The summed E-state index contributed by atoms with van der Waals surface area (Å²) in [4.78, 5) is 15.9. The number of para-hydroxylation sites is 1. The summed E-state index contributed by atoms with van der Waals surface area (Å²) < 4.78 is 0. The number of hydrogen-bond acceptors (Lipinski definition) is 6. The topological polar surface area (TPSA) is 47.5 Å². The van der Waals surface area contributed by atoms with Crippen molar-refractivity contribution in [3.63, 3.8) is 0 Å². The van der Waals surface area contributed by atoms with Crippen LogP contribution in [0.4, 0.5) is 17.5 Å². The zero-order valence-corrected chi connectivity index (χ0v) is 14.5. The molecule has 0 bridgehead atoms. The van der Waals surface area contributed by atoms with E-state index in [4.69, 9.17) is 0 Å². The summed E-state index contributed by atoms with van der Waals surface area (Å²) in [5.74, 6) is 1.71. The molecular formula is C18H26N6. The summed E-state index contributed by atoms with van der Waals surface area (Å²) in [5.41, 5.74) is 1.30. The van der Waals surface area contributed by atoms with Crippen molar-refractivity contribution in [2.24, 2.45) is 0 Å². The van der Waals surface area contributed by atoms with E-state index in [9.17, 15) is 0 Å². The normalized spacial score (nSPS) is 15.0. The molecule has 0 radical (unpaired) electrons. The van der Waals surface area contributed by atoms with Gasteiger partial charge in [0.1, 0.15) is 5.82 Å². The lowest BCUT2D eigenvalue weighted by molar-refractivity contribution is 0.425. The predicted octanol–water partition coefficient (Wildman–Crippen LogP) is 1.78. The van der Waals surface area contributed by atoms with Crippen molar-refractivity contribution in [1.29, 1.82) is 0 Å². The van der Waals surface area contributed by atoms with Crippen LogP contribution in [0, 0.1) is 0 Å². The van der Waals surface area contributed by atoms with E-state index in [0.29, 0.717) is 5.95 Å². The number of anilines is 3. The van der Waals surface area contributed by atoms with Gasteiger partial charge in [-0.15, -0.1) is 0 Å². The van der Waals surface area contributed by atoms with Crippen LogP contribution in [0.2, 0.25) is 0 Å². The van der Waals surface area contributed by atoms with Crippen LogP contribution in [0.5, 0.6) is 0 Å². The highest BCUT2D eigenvalue weighted by Crippen LogP contribution is 2.19. The summed E-state index contributed by atoms with van der Waals surface area (Å²) in [7, 11) is 4.12. The van der Waals surface area contributed by atoms with Crippen molar-refractivity contribution in [1.82, 2.24) is 14.9 Å². The first kappa shape index (κ1) is 16.5. The molecule has 1 aliphatic heterocycles. The van der Waals surface area contributed by atoms with Gasteiger partial charge in [0.15, 0.2) is 0 Å². The van der Waals surface area contributed by atoms with E-state index in [1.165, 1.54) is 5.69 Å². The van der Waals surface area contributed by atoms with E-state index in [-0.39, 0.29) is 0 Å². The second-order valence-electron chi connectivity index (χ2n) is 6.28. The monoisotopic (exact) mass is 326 g/mol. The molecule has 24 heavy (non-hydrogen) atoms. The molecule has 1 saturated heterocycles. The summed E-state index contributed by atoms with van der Waals surface area (Å²) >= 11 is 0. The number of benzene rings is 1. The Balaban J connectivity index is 1.56. The second kappa shape index (κ2) is 7.97. The largest absolute Gasteiger partial charge is 0.368 e. The Morgan fingerprint density at radius 1 is 1.00 bits per heavy atom. The van der Waals surface area contributed by atoms with Crippen LogP contribution in [0.25, 0.3) is 0 Å². The van der Waals surface area contributed by atoms with E-state index >= 15 is 0 Å². The minimum atomic E-state index is 0.708. The molecule has 6 nitrogen and oxygen atoms in total. The van der Waals surface area contributed by atoms with Crippen molar-refractivity contribution >= 4 is 17.5 Å². The van der Waals surface area contributed by atoms with Gasteiger partial charge < -0.3 is 20.0 Å². The van der Waals surface area contributed by atoms with Gasteiger partial charge in [0.2, 0.25) is 5.95 Å². The summed E-state index contributed by atoms with van der Waals surface area (Å²) in [5, 5.41) is 3.29. The van der Waals surface area contributed by atoms with Crippen molar-refractivity contribution in [3.8, 4) is 0 Å². The highest BCUT2D eigenvalue weighted by molar-refractivity contribution is 5.49. The molecule has 0 amide bonds. The Morgan fingerprint density at radius 3 is 2.42 bits per heavy atom. The molecule has 0 aliphatic carbocycles. The molecule has 128 valence electrons. The van der Waals surface area contributed by atoms with Crippen molar-refractivity contribution in [3.05, 3.63) is 42.6 Å². The highest BCUT2D eigenvalue weighted by atomic mass is 15.3. The minimum Gasteiger partial charge on any atom is -0.368 e. The third-order valence-electron chi connectivity index (χ3n) is 4.21. The standard InChI is InChI=1S/C18H26N6/c1-22(2)11-10-20-18-19-9-8-17(21-18)24-14-12-23(13-15-24)16-6-4-3-5-7-16/h3-9H,10-15H2,1-2H3,(H,19,20,21). The number of nitrogens with zero attached hydrogens (tertiary/aromatic N) is 5. The average Bonchev–Trinajstić information content (AvgIpc) is 2.63.